The first kappa shape index (κ1) is 15.1. The van der Waals surface area contributed by atoms with Gasteiger partial charge in [-0.05, 0) is 12.1 Å². The Balaban J connectivity index is 0.000000960. The zero-order valence-electron chi connectivity index (χ0n) is 13.1. The van der Waals surface area contributed by atoms with E-state index in [1.54, 1.807) is 30.3 Å². The third-order valence-electron chi connectivity index (χ3n) is 3.90. The largest absolute Gasteiger partial charge is 1.00 e. The molecule has 0 bridgehead atoms. The molecule has 0 radical (unpaired) electrons. The molecule has 0 N–H and O–H groups in total. The fourth-order valence-corrected chi connectivity index (χ4v) is 2.85. The summed E-state index contributed by atoms with van der Waals surface area (Å²) in [5, 5.41) is 0.997. The standard InChI is InChI=1S/C18H11NO2.Na.H/c20-17-12-6-2-3-7-13(12)18(21)16(17)15-10-9-11-5-1-4-8-14(11)19-15;;/h1-10,16H;;/q;+1;-1. The van der Waals surface area contributed by atoms with E-state index >= 15 is 0 Å². The van der Waals surface area contributed by atoms with Crippen LogP contribution in [0.5, 0.6) is 0 Å². The van der Waals surface area contributed by atoms with Gasteiger partial charge >= 0.3 is 29.6 Å². The van der Waals surface area contributed by atoms with Gasteiger partial charge in [-0.1, -0.05) is 48.5 Å². The molecule has 0 fully saturated rings. The van der Waals surface area contributed by atoms with Gasteiger partial charge in [0.2, 0.25) is 0 Å². The predicted molar refractivity (Wildman–Crippen MR) is 80.7 cm³/mol. The number of rotatable bonds is 1. The summed E-state index contributed by atoms with van der Waals surface area (Å²) in [4.78, 5) is 29.5. The number of carbonyl (C=O) groups is 2. The van der Waals surface area contributed by atoms with E-state index in [4.69, 9.17) is 0 Å². The first-order chi connectivity index (χ1) is 10.3. The third kappa shape index (κ3) is 2.22. The summed E-state index contributed by atoms with van der Waals surface area (Å²) in [6.45, 7) is 0. The van der Waals surface area contributed by atoms with E-state index in [-0.39, 0.29) is 42.6 Å². The molecule has 0 saturated carbocycles. The zero-order chi connectivity index (χ0) is 14.4. The first-order valence-electron chi connectivity index (χ1n) is 6.79. The molecule has 3 aromatic rings. The molecule has 4 heteroatoms. The molecule has 0 saturated heterocycles. The average molecular weight is 297 g/mol. The van der Waals surface area contributed by atoms with Crippen LogP contribution in [0.25, 0.3) is 10.9 Å². The van der Waals surface area contributed by atoms with Crippen molar-refractivity contribution in [2.45, 2.75) is 5.92 Å². The molecule has 1 aliphatic carbocycles. The van der Waals surface area contributed by atoms with Crippen molar-refractivity contribution >= 4 is 22.5 Å². The number of hydrogen-bond donors (Lipinski definition) is 0. The average Bonchev–Trinajstić information content (AvgIpc) is 2.79. The van der Waals surface area contributed by atoms with Crippen molar-refractivity contribution in [1.82, 2.24) is 4.98 Å². The second-order valence-corrected chi connectivity index (χ2v) is 5.14. The minimum atomic E-state index is -0.799. The molecule has 1 heterocycles. The van der Waals surface area contributed by atoms with Crippen LogP contribution in [0.4, 0.5) is 0 Å². The number of para-hydroxylation sites is 1. The van der Waals surface area contributed by atoms with Gasteiger partial charge in [0.25, 0.3) is 0 Å². The Morgan fingerprint density at radius 3 is 2.05 bits per heavy atom. The number of pyridine rings is 1. The summed E-state index contributed by atoms with van der Waals surface area (Å²) < 4.78 is 0. The van der Waals surface area contributed by atoms with Gasteiger partial charge in [0.15, 0.2) is 11.6 Å². The fraction of sp³-hybridized carbons (Fsp3) is 0.0556. The summed E-state index contributed by atoms with van der Waals surface area (Å²) >= 11 is 0. The van der Waals surface area contributed by atoms with Crippen LogP contribution in [0.2, 0.25) is 0 Å². The van der Waals surface area contributed by atoms with Gasteiger partial charge in [0.05, 0.1) is 11.2 Å². The number of Topliss-reactive ketones (excluding diaryl/α,β-unsaturated/α-hetero) is 2. The number of fused-ring (bicyclic) bond motifs is 2. The van der Waals surface area contributed by atoms with Crippen molar-refractivity contribution < 1.29 is 40.6 Å². The summed E-state index contributed by atoms with van der Waals surface area (Å²) in [6.07, 6.45) is 0. The Labute approximate surface area is 151 Å². The molecular weight excluding hydrogens is 285 g/mol. The Kier molecular flexibility index (Phi) is 3.96. The minimum Gasteiger partial charge on any atom is -1.00 e. The maximum atomic E-state index is 12.5. The van der Waals surface area contributed by atoms with Gasteiger partial charge in [-0.25, -0.2) is 0 Å². The molecule has 1 aliphatic rings. The number of aromatic nitrogens is 1. The molecule has 4 rings (SSSR count). The van der Waals surface area contributed by atoms with Gasteiger partial charge < -0.3 is 1.43 Å². The zero-order valence-corrected chi connectivity index (χ0v) is 14.1. The van der Waals surface area contributed by atoms with E-state index < -0.39 is 5.92 Å². The Bertz CT molecular complexity index is 875. The number of hydrogen-bond acceptors (Lipinski definition) is 3. The smallest absolute Gasteiger partial charge is 1.00 e. The van der Waals surface area contributed by atoms with Crippen LogP contribution in [-0.4, -0.2) is 16.6 Å². The molecule has 2 aromatic carbocycles. The van der Waals surface area contributed by atoms with Crippen LogP contribution in [0.15, 0.2) is 60.7 Å². The molecule has 102 valence electrons. The fourth-order valence-electron chi connectivity index (χ4n) is 2.85. The van der Waals surface area contributed by atoms with Crippen LogP contribution in [0.1, 0.15) is 33.8 Å². The van der Waals surface area contributed by atoms with Gasteiger partial charge in [-0.2, -0.15) is 0 Å². The van der Waals surface area contributed by atoms with E-state index in [2.05, 4.69) is 4.98 Å². The van der Waals surface area contributed by atoms with Crippen molar-refractivity contribution in [3.8, 4) is 0 Å². The Morgan fingerprint density at radius 2 is 1.36 bits per heavy atom. The number of carbonyl (C=O) groups excluding carboxylic acids is 2. The molecule has 0 spiro atoms. The third-order valence-corrected chi connectivity index (χ3v) is 3.90. The number of nitrogens with zero attached hydrogens (tertiary/aromatic N) is 1. The van der Waals surface area contributed by atoms with Gasteiger partial charge in [0.1, 0.15) is 5.92 Å². The molecule has 1 aromatic heterocycles. The van der Waals surface area contributed by atoms with E-state index in [9.17, 15) is 9.59 Å². The topological polar surface area (TPSA) is 47.0 Å². The second-order valence-electron chi connectivity index (χ2n) is 5.14. The van der Waals surface area contributed by atoms with Gasteiger partial charge in [0, 0.05) is 16.5 Å². The number of benzene rings is 2. The van der Waals surface area contributed by atoms with Crippen molar-refractivity contribution in [3.05, 3.63) is 77.5 Å². The van der Waals surface area contributed by atoms with Gasteiger partial charge in [-0.3, -0.25) is 14.6 Å². The monoisotopic (exact) mass is 297 g/mol. The maximum Gasteiger partial charge on any atom is 1.00 e. The van der Waals surface area contributed by atoms with E-state index in [1.807, 2.05) is 30.3 Å². The van der Waals surface area contributed by atoms with Crippen LogP contribution in [0.3, 0.4) is 0 Å². The molecular formula is C18H12NNaO2. The maximum absolute atomic E-state index is 12.5. The molecule has 0 unspecified atom stereocenters. The molecule has 3 nitrogen and oxygen atoms in total. The van der Waals surface area contributed by atoms with Crippen LogP contribution >= 0.6 is 0 Å². The van der Waals surface area contributed by atoms with E-state index in [0.29, 0.717) is 16.8 Å². The summed E-state index contributed by atoms with van der Waals surface area (Å²) in [6, 6.07) is 18.3. The minimum absolute atomic E-state index is 0. The van der Waals surface area contributed by atoms with Crippen molar-refractivity contribution in [2.24, 2.45) is 0 Å². The van der Waals surface area contributed by atoms with E-state index in [1.165, 1.54) is 0 Å². The summed E-state index contributed by atoms with van der Waals surface area (Å²) in [5.41, 5.74) is 2.33. The first-order valence-corrected chi connectivity index (χ1v) is 6.79. The second kappa shape index (κ2) is 5.76. The van der Waals surface area contributed by atoms with Crippen molar-refractivity contribution in [1.29, 1.82) is 0 Å². The molecule has 0 aliphatic heterocycles. The molecule has 0 atom stereocenters. The SMILES string of the molecule is O=C1c2ccccc2C(=O)C1c1ccc2ccccc2n1.[H-].[Na+]. The Morgan fingerprint density at radius 1 is 0.773 bits per heavy atom. The molecule has 0 amide bonds. The summed E-state index contributed by atoms with van der Waals surface area (Å²) in [7, 11) is 0. The normalized spacial score (nSPS) is 14.0. The predicted octanol–water partition coefficient (Wildman–Crippen LogP) is 0.514. The Hall–Kier alpha value is -1.81. The van der Waals surface area contributed by atoms with Gasteiger partial charge in [-0.15, -0.1) is 0 Å². The summed E-state index contributed by atoms with van der Waals surface area (Å²) in [5.74, 6) is -1.11. The van der Waals surface area contributed by atoms with Crippen molar-refractivity contribution in [2.75, 3.05) is 0 Å². The molecule has 22 heavy (non-hydrogen) atoms. The van der Waals surface area contributed by atoms with Crippen LogP contribution < -0.4 is 29.6 Å². The van der Waals surface area contributed by atoms with Crippen LogP contribution in [0, 0.1) is 0 Å². The quantitative estimate of drug-likeness (QED) is 0.486. The van der Waals surface area contributed by atoms with Crippen molar-refractivity contribution in [3.63, 3.8) is 0 Å². The number of ketones is 2. The van der Waals surface area contributed by atoms with Crippen LogP contribution in [-0.2, 0) is 0 Å². The van der Waals surface area contributed by atoms with E-state index in [0.717, 1.165) is 10.9 Å².